The highest BCUT2D eigenvalue weighted by Gasteiger charge is 2.15. The molecule has 0 radical (unpaired) electrons. The second-order valence-electron chi connectivity index (χ2n) is 7.60. The lowest BCUT2D eigenvalue weighted by atomic mass is 9.93. The van der Waals surface area contributed by atoms with Crippen molar-refractivity contribution in [2.75, 3.05) is 5.43 Å². The fourth-order valence-corrected chi connectivity index (χ4v) is 3.89. The van der Waals surface area contributed by atoms with E-state index in [1.807, 2.05) is 24.3 Å². The summed E-state index contributed by atoms with van der Waals surface area (Å²) in [4.78, 5) is 21.6. The molecule has 2 aromatic carbocycles. The van der Waals surface area contributed by atoms with E-state index in [-0.39, 0.29) is 5.97 Å². The van der Waals surface area contributed by atoms with Crippen LogP contribution in [-0.2, 0) is 6.54 Å². The average molecular weight is 413 g/mol. The fourth-order valence-electron chi connectivity index (χ4n) is 3.89. The van der Waals surface area contributed by atoms with Gasteiger partial charge in [0.25, 0.3) is 0 Å². The van der Waals surface area contributed by atoms with Gasteiger partial charge in [0.1, 0.15) is 5.75 Å². The van der Waals surface area contributed by atoms with Crippen LogP contribution in [0.5, 0.6) is 5.75 Å². The Morgan fingerprint density at radius 1 is 1.16 bits per heavy atom. The van der Waals surface area contributed by atoms with Gasteiger partial charge in [-0.05, 0) is 61.1 Å². The van der Waals surface area contributed by atoms with Crippen molar-refractivity contribution in [2.24, 2.45) is 0 Å². The van der Waals surface area contributed by atoms with Gasteiger partial charge in [0.2, 0.25) is 0 Å². The maximum atomic E-state index is 12.9. The number of aromatic amines is 1. The van der Waals surface area contributed by atoms with Crippen LogP contribution in [0.25, 0.3) is 16.5 Å². The Hall–Kier alpha value is -3.87. The second kappa shape index (κ2) is 8.47. The van der Waals surface area contributed by atoms with Crippen molar-refractivity contribution < 1.29 is 9.53 Å². The van der Waals surface area contributed by atoms with Gasteiger partial charge in [0.15, 0.2) is 0 Å². The van der Waals surface area contributed by atoms with Crippen molar-refractivity contribution in [3.05, 3.63) is 84.1 Å². The van der Waals surface area contributed by atoms with Crippen LogP contribution in [-0.4, -0.2) is 25.8 Å². The SMILES string of the molecule is O=C(Oc1cccc2c1cnn2NCc1cnc[nH]1)c1cccc(C2=CCCCC2)c1. The van der Waals surface area contributed by atoms with Gasteiger partial charge in [0.05, 0.1) is 41.2 Å². The molecule has 0 bridgehead atoms. The lowest BCUT2D eigenvalue weighted by Crippen LogP contribution is -2.15. The monoisotopic (exact) mass is 413 g/mol. The summed E-state index contributed by atoms with van der Waals surface area (Å²) in [6.07, 6.45) is 12.0. The number of carbonyl (C=O) groups excluding carboxylic acids is 1. The molecule has 2 N–H and O–H groups in total. The van der Waals surface area contributed by atoms with Crippen molar-refractivity contribution in [3.63, 3.8) is 0 Å². The Morgan fingerprint density at radius 3 is 2.94 bits per heavy atom. The van der Waals surface area contributed by atoms with Crippen molar-refractivity contribution in [3.8, 4) is 5.75 Å². The molecule has 1 aliphatic rings. The first-order valence-electron chi connectivity index (χ1n) is 10.5. The van der Waals surface area contributed by atoms with E-state index in [0.29, 0.717) is 17.9 Å². The largest absolute Gasteiger partial charge is 0.422 e. The van der Waals surface area contributed by atoms with Crippen molar-refractivity contribution in [1.82, 2.24) is 19.9 Å². The van der Waals surface area contributed by atoms with E-state index < -0.39 is 0 Å². The molecule has 0 unspecified atom stereocenters. The molecular weight excluding hydrogens is 390 g/mol. The molecule has 4 aromatic rings. The number of carbonyl (C=O) groups is 1. The minimum absolute atomic E-state index is 0.371. The number of nitrogens with one attached hydrogen (secondary N) is 2. The third kappa shape index (κ3) is 4.07. The van der Waals surface area contributed by atoms with E-state index in [1.165, 1.54) is 18.4 Å². The Labute approximate surface area is 179 Å². The van der Waals surface area contributed by atoms with E-state index in [0.717, 1.165) is 35.0 Å². The molecule has 156 valence electrons. The number of nitrogens with zero attached hydrogens (tertiary/aromatic N) is 3. The van der Waals surface area contributed by atoms with Crippen LogP contribution < -0.4 is 10.2 Å². The summed E-state index contributed by atoms with van der Waals surface area (Å²) in [5.74, 6) is 0.114. The summed E-state index contributed by atoms with van der Waals surface area (Å²) in [7, 11) is 0. The summed E-state index contributed by atoms with van der Waals surface area (Å²) in [5.41, 5.74) is 7.94. The van der Waals surface area contributed by atoms with E-state index in [9.17, 15) is 4.79 Å². The maximum absolute atomic E-state index is 12.9. The average Bonchev–Trinajstić information content (AvgIpc) is 3.49. The molecule has 1 aliphatic carbocycles. The smallest absolute Gasteiger partial charge is 0.343 e. The van der Waals surface area contributed by atoms with Gasteiger partial charge in [-0.3, -0.25) is 0 Å². The Bertz CT molecular complexity index is 1240. The van der Waals surface area contributed by atoms with E-state index in [1.54, 1.807) is 35.6 Å². The number of benzene rings is 2. The minimum Gasteiger partial charge on any atom is -0.422 e. The van der Waals surface area contributed by atoms with Gasteiger partial charge in [-0.15, -0.1) is 0 Å². The Balaban J connectivity index is 1.35. The molecule has 0 aliphatic heterocycles. The number of allylic oxidation sites excluding steroid dienone is 2. The molecule has 0 saturated heterocycles. The van der Waals surface area contributed by atoms with Crippen LogP contribution >= 0.6 is 0 Å². The maximum Gasteiger partial charge on any atom is 0.343 e. The van der Waals surface area contributed by atoms with Crippen LogP contribution in [0.4, 0.5) is 0 Å². The quantitative estimate of drug-likeness (QED) is 0.354. The second-order valence-corrected chi connectivity index (χ2v) is 7.60. The number of H-pyrrole nitrogens is 1. The molecule has 2 aromatic heterocycles. The van der Waals surface area contributed by atoms with Gasteiger partial charge in [-0.2, -0.15) is 9.89 Å². The van der Waals surface area contributed by atoms with E-state index in [2.05, 4.69) is 32.6 Å². The van der Waals surface area contributed by atoms with Crippen LogP contribution in [0.1, 0.15) is 47.3 Å². The number of esters is 1. The normalized spacial score (nSPS) is 13.7. The highest BCUT2D eigenvalue weighted by atomic mass is 16.5. The first-order chi connectivity index (χ1) is 15.3. The Morgan fingerprint density at radius 2 is 2.10 bits per heavy atom. The van der Waals surface area contributed by atoms with Gasteiger partial charge < -0.3 is 15.1 Å². The highest BCUT2D eigenvalue weighted by molar-refractivity contribution is 5.95. The summed E-state index contributed by atoms with van der Waals surface area (Å²) in [6.45, 7) is 0.545. The van der Waals surface area contributed by atoms with Crippen molar-refractivity contribution in [1.29, 1.82) is 0 Å². The molecule has 2 heterocycles. The first-order valence-corrected chi connectivity index (χ1v) is 10.5. The van der Waals surface area contributed by atoms with Gasteiger partial charge in [0, 0.05) is 6.20 Å². The van der Waals surface area contributed by atoms with Crippen molar-refractivity contribution in [2.45, 2.75) is 32.2 Å². The molecule has 31 heavy (non-hydrogen) atoms. The van der Waals surface area contributed by atoms with E-state index in [4.69, 9.17) is 4.74 Å². The van der Waals surface area contributed by atoms with Crippen molar-refractivity contribution >= 4 is 22.4 Å². The van der Waals surface area contributed by atoms with Gasteiger partial charge >= 0.3 is 5.97 Å². The molecule has 7 nitrogen and oxygen atoms in total. The number of rotatable bonds is 6. The molecule has 7 heteroatoms. The lowest BCUT2D eigenvalue weighted by Gasteiger charge is -2.13. The van der Waals surface area contributed by atoms with Crippen LogP contribution in [0.2, 0.25) is 0 Å². The Kier molecular flexibility index (Phi) is 5.22. The first kappa shape index (κ1) is 19.1. The molecule has 0 saturated carbocycles. The van der Waals surface area contributed by atoms with Gasteiger partial charge in [-0.25, -0.2) is 9.78 Å². The fraction of sp³-hybridized carbons (Fsp3) is 0.208. The number of ether oxygens (including phenoxy) is 1. The standard InChI is InChI=1S/C24H23N5O2/c30-24(19-9-4-8-18(12-19)17-6-2-1-3-7-17)31-23-11-5-10-22-21(23)15-28-29(22)27-14-20-13-25-16-26-20/h4-6,8-13,15-16,27H,1-3,7,14H2,(H,25,26). The van der Waals surface area contributed by atoms with Gasteiger partial charge in [-0.1, -0.05) is 24.3 Å². The number of imidazole rings is 1. The van der Waals surface area contributed by atoms with Crippen LogP contribution in [0, 0.1) is 0 Å². The third-order valence-corrected chi connectivity index (χ3v) is 5.51. The molecule has 0 amide bonds. The number of fused-ring (bicyclic) bond motifs is 1. The van der Waals surface area contributed by atoms with E-state index >= 15 is 0 Å². The lowest BCUT2D eigenvalue weighted by molar-refractivity contribution is 0.0737. The number of hydrogen-bond acceptors (Lipinski definition) is 5. The van der Waals surface area contributed by atoms with Crippen LogP contribution in [0.3, 0.4) is 0 Å². The zero-order valence-corrected chi connectivity index (χ0v) is 17.0. The molecule has 0 fully saturated rings. The minimum atomic E-state index is -0.371. The zero-order chi connectivity index (χ0) is 21.0. The number of aromatic nitrogens is 4. The topological polar surface area (TPSA) is 84.8 Å². The number of hydrogen-bond donors (Lipinski definition) is 2. The summed E-state index contributed by atoms with van der Waals surface area (Å²) in [5, 5.41) is 5.15. The highest BCUT2D eigenvalue weighted by Crippen LogP contribution is 2.29. The molecule has 0 spiro atoms. The zero-order valence-electron chi connectivity index (χ0n) is 17.0. The predicted octanol–water partition coefficient (Wildman–Crippen LogP) is 4.68. The molecular formula is C24H23N5O2. The summed E-state index contributed by atoms with van der Waals surface area (Å²) >= 11 is 0. The summed E-state index contributed by atoms with van der Waals surface area (Å²) in [6, 6.07) is 13.3. The predicted molar refractivity (Wildman–Crippen MR) is 119 cm³/mol. The molecule has 5 rings (SSSR count). The third-order valence-electron chi connectivity index (χ3n) is 5.51. The van der Waals surface area contributed by atoms with Crippen LogP contribution in [0.15, 0.2) is 67.3 Å². The summed E-state index contributed by atoms with van der Waals surface area (Å²) < 4.78 is 5.76. The molecule has 0 atom stereocenters.